The maximum atomic E-state index is 4.35. The zero-order valence-electron chi connectivity index (χ0n) is 11.5. The molecule has 2 fully saturated rings. The molecule has 0 spiro atoms. The molecule has 1 atom stereocenters. The lowest BCUT2D eigenvalue weighted by Crippen LogP contribution is -2.27. The van der Waals surface area contributed by atoms with Crippen molar-refractivity contribution in [3.05, 3.63) is 35.8 Å². The van der Waals surface area contributed by atoms with Crippen LogP contribution in [0.1, 0.15) is 19.3 Å². The number of thiazole rings is 1. The van der Waals surface area contributed by atoms with Crippen LogP contribution < -0.4 is 5.32 Å². The van der Waals surface area contributed by atoms with Gasteiger partial charge in [0.15, 0.2) is 0 Å². The molecule has 0 amide bonds. The van der Waals surface area contributed by atoms with Crippen LogP contribution in [0.2, 0.25) is 0 Å². The van der Waals surface area contributed by atoms with Crippen molar-refractivity contribution < 1.29 is 0 Å². The molecule has 1 aliphatic carbocycles. The molecule has 1 aliphatic heterocycles. The van der Waals surface area contributed by atoms with Crippen LogP contribution in [-0.2, 0) is 0 Å². The summed E-state index contributed by atoms with van der Waals surface area (Å²) in [5, 5.41) is 6.78. The van der Waals surface area contributed by atoms with Gasteiger partial charge in [0.25, 0.3) is 0 Å². The van der Waals surface area contributed by atoms with Crippen LogP contribution in [0.15, 0.2) is 35.8 Å². The molecule has 1 aromatic carbocycles. The van der Waals surface area contributed by atoms with Crippen molar-refractivity contribution in [2.24, 2.45) is 0 Å². The first-order chi connectivity index (χ1) is 9.88. The van der Waals surface area contributed by atoms with Crippen LogP contribution in [-0.4, -0.2) is 35.1 Å². The number of anilines is 1. The molecule has 1 unspecified atom stereocenters. The zero-order chi connectivity index (χ0) is 13.4. The molecule has 1 aromatic heterocycles. The van der Waals surface area contributed by atoms with Crippen molar-refractivity contribution >= 4 is 17.0 Å². The van der Waals surface area contributed by atoms with Crippen molar-refractivity contribution in [3.8, 4) is 10.6 Å². The Morgan fingerprint density at radius 1 is 1.15 bits per heavy atom. The Morgan fingerprint density at radius 3 is 2.70 bits per heavy atom. The van der Waals surface area contributed by atoms with Gasteiger partial charge in [-0.15, -0.1) is 11.3 Å². The Balaban J connectivity index is 1.39. The minimum absolute atomic E-state index is 0.612. The highest BCUT2D eigenvalue weighted by Gasteiger charge is 2.34. The molecule has 1 saturated carbocycles. The van der Waals surface area contributed by atoms with E-state index in [4.69, 9.17) is 0 Å². The minimum atomic E-state index is 0.612. The van der Waals surface area contributed by atoms with Gasteiger partial charge >= 0.3 is 0 Å². The van der Waals surface area contributed by atoms with Crippen molar-refractivity contribution in [1.82, 2.24) is 9.88 Å². The highest BCUT2D eigenvalue weighted by Crippen LogP contribution is 2.31. The van der Waals surface area contributed by atoms with Crippen molar-refractivity contribution in [2.75, 3.05) is 18.4 Å². The molecule has 2 aromatic rings. The first-order valence-electron chi connectivity index (χ1n) is 7.39. The first kappa shape index (κ1) is 12.4. The monoisotopic (exact) mass is 285 g/mol. The highest BCUT2D eigenvalue weighted by molar-refractivity contribution is 7.13. The second-order valence-electron chi connectivity index (χ2n) is 5.77. The average molecular weight is 285 g/mol. The fraction of sp³-hybridized carbons (Fsp3) is 0.438. The predicted molar refractivity (Wildman–Crippen MR) is 84.2 cm³/mol. The molecule has 2 aliphatic rings. The van der Waals surface area contributed by atoms with E-state index in [1.165, 1.54) is 43.6 Å². The van der Waals surface area contributed by atoms with E-state index in [2.05, 4.69) is 39.5 Å². The quantitative estimate of drug-likeness (QED) is 0.932. The molecule has 0 radical (unpaired) electrons. The second kappa shape index (κ2) is 5.19. The molecular formula is C16H19N3S. The molecule has 1 N–H and O–H groups in total. The standard InChI is InChI=1S/C16H19N3S/c1-3-13(4-2-12(1)16-17-8-10-20-16)18-14-7-9-19(11-14)15-5-6-15/h1-4,8,10,14-15,18H,5-7,9,11H2. The summed E-state index contributed by atoms with van der Waals surface area (Å²) >= 11 is 1.69. The summed E-state index contributed by atoms with van der Waals surface area (Å²) < 4.78 is 0. The summed E-state index contributed by atoms with van der Waals surface area (Å²) in [5.74, 6) is 0. The summed E-state index contributed by atoms with van der Waals surface area (Å²) in [6.07, 6.45) is 5.95. The molecule has 20 heavy (non-hydrogen) atoms. The third-order valence-electron chi connectivity index (χ3n) is 4.22. The molecule has 104 valence electrons. The third-order valence-corrected chi connectivity index (χ3v) is 5.04. The van der Waals surface area contributed by atoms with E-state index < -0.39 is 0 Å². The lowest BCUT2D eigenvalue weighted by atomic mass is 10.2. The summed E-state index contributed by atoms with van der Waals surface area (Å²) in [6.45, 7) is 2.47. The van der Waals surface area contributed by atoms with Crippen molar-refractivity contribution in [1.29, 1.82) is 0 Å². The van der Waals surface area contributed by atoms with E-state index >= 15 is 0 Å². The lowest BCUT2D eigenvalue weighted by molar-refractivity contribution is 0.326. The van der Waals surface area contributed by atoms with Gasteiger partial charge in [0, 0.05) is 48.0 Å². The lowest BCUT2D eigenvalue weighted by Gasteiger charge is -2.16. The number of aromatic nitrogens is 1. The van der Waals surface area contributed by atoms with Gasteiger partial charge < -0.3 is 5.32 Å². The van der Waals surface area contributed by atoms with Gasteiger partial charge in [-0.3, -0.25) is 4.90 Å². The summed E-state index contributed by atoms with van der Waals surface area (Å²) in [5.41, 5.74) is 2.43. The Kier molecular flexibility index (Phi) is 3.20. The van der Waals surface area contributed by atoms with Gasteiger partial charge in [0.2, 0.25) is 0 Å². The van der Waals surface area contributed by atoms with E-state index in [1.54, 1.807) is 11.3 Å². The van der Waals surface area contributed by atoms with E-state index in [9.17, 15) is 0 Å². The summed E-state index contributed by atoms with van der Waals surface area (Å²) in [7, 11) is 0. The fourth-order valence-corrected chi connectivity index (χ4v) is 3.63. The first-order valence-corrected chi connectivity index (χ1v) is 8.27. The Bertz CT molecular complexity index is 560. The number of hydrogen-bond donors (Lipinski definition) is 1. The summed E-state index contributed by atoms with van der Waals surface area (Å²) in [4.78, 5) is 6.99. The zero-order valence-corrected chi connectivity index (χ0v) is 12.3. The van der Waals surface area contributed by atoms with Gasteiger partial charge in [-0.2, -0.15) is 0 Å². The van der Waals surface area contributed by atoms with Gasteiger partial charge in [0.05, 0.1) is 0 Å². The van der Waals surface area contributed by atoms with Crippen molar-refractivity contribution in [3.63, 3.8) is 0 Å². The molecule has 1 saturated heterocycles. The van der Waals surface area contributed by atoms with Crippen LogP contribution in [0.3, 0.4) is 0 Å². The summed E-state index contributed by atoms with van der Waals surface area (Å²) in [6, 6.07) is 10.2. The van der Waals surface area contributed by atoms with Gasteiger partial charge in [-0.25, -0.2) is 4.98 Å². The topological polar surface area (TPSA) is 28.2 Å². The van der Waals surface area contributed by atoms with Crippen LogP contribution >= 0.6 is 11.3 Å². The molecular weight excluding hydrogens is 266 g/mol. The van der Waals surface area contributed by atoms with Gasteiger partial charge in [-0.1, -0.05) is 0 Å². The third kappa shape index (κ3) is 2.58. The Morgan fingerprint density at radius 2 is 2.00 bits per heavy atom. The maximum Gasteiger partial charge on any atom is 0.123 e. The van der Waals surface area contributed by atoms with Crippen LogP contribution in [0.25, 0.3) is 10.6 Å². The number of nitrogens with one attached hydrogen (secondary N) is 1. The van der Waals surface area contributed by atoms with E-state index in [0.29, 0.717) is 6.04 Å². The van der Waals surface area contributed by atoms with Crippen LogP contribution in [0.4, 0.5) is 5.69 Å². The molecule has 4 rings (SSSR count). The van der Waals surface area contributed by atoms with E-state index in [1.807, 2.05) is 11.6 Å². The number of benzene rings is 1. The van der Waals surface area contributed by atoms with E-state index in [-0.39, 0.29) is 0 Å². The average Bonchev–Trinajstić information content (AvgIpc) is 3.00. The number of hydrogen-bond acceptors (Lipinski definition) is 4. The molecule has 3 nitrogen and oxygen atoms in total. The minimum Gasteiger partial charge on any atom is -0.381 e. The highest BCUT2D eigenvalue weighted by atomic mass is 32.1. The Labute approximate surface area is 123 Å². The molecule has 4 heteroatoms. The van der Waals surface area contributed by atoms with Crippen molar-refractivity contribution in [2.45, 2.75) is 31.3 Å². The molecule has 2 heterocycles. The predicted octanol–water partition coefficient (Wildman–Crippen LogP) is 3.46. The molecule has 0 bridgehead atoms. The van der Waals surface area contributed by atoms with E-state index in [0.717, 1.165) is 11.0 Å². The fourth-order valence-electron chi connectivity index (χ4n) is 2.99. The second-order valence-corrected chi connectivity index (χ2v) is 6.67. The Hall–Kier alpha value is -1.39. The maximum absolute atomic E-state index is 4.35. The van der Waals surface area contributed by atoms with Crippen LogP contribution in [0.5, 0.6) is 0 Å². The number of nitrogens with zero attached hydrogens (tertiary/aromatic N) is 2. The van der Waals surface area contributed by atoms with Gasteiger partial charge in [-0.05, 0) is 43.5 Å². The normalized spacial score (nSPS) is 23.1. The largest absolute Gasteiger partial charge is 0.381 e. The van der Waals surface area contributed by atoms with Gasteiger partial charge in [0.1, 0.15) is 5.01 Å². The van der Waals surface area contributed by atoms with Crippen LogP contribution in [0, 0.1) is 0 Å². The SMILES string of the molecule is c1csc(-c2ccc(NC3CCN(C4CC4)C3)cc2)n1. The number of likely N-dealkylation sites (tertiary alicyclic amines) is 1. The number of rotatable bonds is 4. The smallest absolute Gasteiger partial charge is 0.123 e.